The highest BCUT2D eigenvalue weighted by Crippen LogP contribution is 1.91. The summed E-state index contributed by atoms with van der Waals surface area (Å²) in [4.78, 5) is 20.8. The summed E-state index contributed by atoms with van der Waals surface area (Å²) >= 11 is 0. The van der Waals surface area contributed by atoms with E-state index in [1.54, 1.807) is 18.2 Å². The number of carboxylic acids is 1. The van der Waals surface area contributed by atoms with Crippen molar-refractivity contribution in [3.63, 3.8) is 0 Å². The van der Waals surface area contributed by atoms with Gasteiger partial charge in [0.2, 0.25) is 0 Å². The average Bonchev–Trinajstić information content (AvgIpc) is 2.14. The van der Waals surface area contributed by atoms with E-state index in [4.69, 9.17) is 0 Å². The lowest BCUT2D eigenvalue weighted by molar-refractivity contribution is -0.305. The van der Waals surface area contributed by atoms with Gasteiger partial charge in [0.25, 0.3) is 0 Å². The van der Waals surface area contributed by atoms with Crippen molar-refractivity contribution in [2.75, 3.05) is 6.61 Å². The van der Waals surface area contributed by atoms with Crippen molar-refractivity contribution >= 4 is 11.9 Å². The third-order valence-electron chi connectivity index (χ3n) is 1.31. The lowest BCUT2D eigenvalue weighted by Crippen LogP contribution is -2.23. The Morgan fingerprint density at radius 2 is 2.00 bits per heavy atom. The Morgan fingerprint density at radius 1 is 1.29 bits per heavy atom. The van der Waals surface area contributed by atoms with Crippen molar-refractivity contribution in [2.24, 2.45) is 0 Å². The van der Waals surface area contributed by atoms with Crippen molar-refractivity contribution in [2.45, 2.75) is 19.8 Å². The fourth-order valence-corrected chi connectivity index (χ4v) is 0.663. The van der Waals surface area contributed by atoms with Crippen molar-refractivity contribution in [1.82, 2.24) is 0 Å². The molecule has 0 saturated heterocycles. The molecule has 0 bridgehead atoms. The molecule has 0 fully saturated rings. The molecule has 0 atom stereocenters. The van der Waals surface area contributed by atoms with Crippen LogP contribution in [0.4, 0.5) is 0 Å². The molecule has 0 aromatic heterocycles. The number of hydrogen-bond acceptors (Lipinski definition) is 4. The summed E-state index contributed by atoms with van der Waals surface area (Å²) in [5.74, 6) is -1.77. The normalized spacial score (nSPS) is 10.9. The summed E-state index contributed by atoms with van der Waals surface area (Å²) in [5, 5.41) is 9.98. The quantitative estimate of drug-likeness (QED) is 0.450. The maximum absolute atomic E-state index is 10.8. The van der Waals surface area contributed by atoms with Gasteiger partial charge in [-0.3, -0.25) is 4.79 Å². The zero-order valence-electron chi connectivity index (χ0n) is 8.06. The fraction of sp³-hybridized carbons (Fsp3) is 0.400. The van der Waals surface area contributed by atoms with Gasteiger partial charge >= 0.3 is 5.97 Å². The predicted octanol–water partition coefficient (Wildman–Crippen LogP) is 0.192. The van der Waals surface area contributed by atoms with E-state index in [1.807, 2.05) is 13.0 Å². The Labute approximate surface area is 82.9 Å². The molecule has 0 aliphatic heterocycles. The monoisotopic (exact) mass is 197 g/mol. The lowest BCUT2D eigenvalue weighted by Gasteiger charge is -2.01. The van der Waals surface area contributed by atoms with E-state index < -0.39 is 11.9 Å². The van der Waals surface area contributed by atoms with E-state index in [0.29, 0.717) is 0 Å². The largest absolute Gasteiger partial charge is 0.550 e. The van der Waals surface area contributed by atoms with Crippen LogP contribution in [0, 0.1) is 0 Å². The van der Waals surface area contributed by atoms with E-state index in [1.165, 1.54) is 0 Å². The zero-order valence-corrected chi connectivity index (χ0v) is 8.06. The zero-order chi connectivity index (χ0) is 10.8. The van der Waals surface area contributed by atoms with Gasteiger partial charge in [0.15, 0.2) is 0 Å². The van der Waals surface area contributed by atoms with Crippen LogP contribution in [0.5, 0.6) is 0 Å². The average molecular weight is 197 g/mol. The molecule has 4 heteroatoms. The van der Waals surface area contributed by atoms with Crippen LogP contribution in [-0.2, 0) is 14.3 Å². The van der Waals surface area contributed by atoms with Crippen molar-refractivity contribution in [3.05, 3.63) is 24.3 Å². The second-order valence-corrected chi connectivity index (χ2v) is 2.51. The lowest BCUT2D eigenvalue weighted by atomic mass is 10.3. The molecule has 0 rings (SSSR count). The summed E-state index contributed by atoms with van der Waals surface area (Å²) in [6.45, 7) is 2.03. The summed E-state index contributed by atoms with van der Waals surface area (Å²) in [7, 11) is 0. The van der Waals surface area contributed by atoms with Crippen LogP contribution in [0.2, 0.25) is 0 Å². The molecule has 0 aliphatic carbocycles. The summed E-state index contributed by atoms with van der Waals surface area (Å²) in [6, 6.07) is 0. The molecule has 0 spiro atoms. The number of carbonyl (C=O) groups excluding carboxylic acids is 2. The highest BCUT2D eigenvalue weighted by atomic mass is 16.5. The molecule has 0 unspecified atom stereocenters. The van der Waals surface area contributed by atoms with Crippen LogP contribution in [0.25, 0.3) is 0 Å². The summed E-state index contributed by atoms with van der Waals surface area (Å²) in [6.07, 6.45) is 6.61. The second kappa shape index (κ2) is 8.04. The molecular weight excluding hydrogens is 184 g/mol. The molecule has 78 valence electrons. The van der Waals surface area contributed by atoms with E-state index in [0.717, 1.165) is 0 Å². The third-order valence-corrected chi connectivity index (χ3v) is 1.31. The van der Waals surface area contributed by atoms with Gasteiger partial charge in [0.05, 0.1) is 6.42 Å². The SMILES string of the molecule is C/C=C/C=C/COC(=O)CCC(=O)[O-]. The smallest absolute Gasteiger partial charge is 0.306 e. The number of carbonyl (C=O) groups is 2. The van der Waals surface area contributed by atoms with E-state index in [-0.39, 0.29) is 19.4 Å². The minimum Gasteiger partial charge on any atom is -0.550 e. The van der Waals surface area contributed by atoms with Gasteiger partial charge in [-0.15, -0.1) is 0 Å². The van der Waals surface area contributed by atoms with Crippen LogP contribution in [-0.4, -0.2) is 18.5 Å². The van der Waals surface area contributed by atoms with Crippen LogP contribution in [0.3, 0.4) is 0 Å². The first-order chi connectivity index (χ1) is 6.66. The highest BCUT2D eigenvalue weighted by molar-refractivity contribution is 5.75. The van der Waals surface area contributed by atoms with E-state index in [9.17, 15) is 14.7 Å². The van der Waals surface area contributed by atoms with Crippen LogP contribution < -0.4 is 5.11 Å². The molecule has 0 saturated carbocycles. The number of esters is 1. The number of hydrogen-bond donors (Lipinski definition) is 0. The minimum atomic E-state index is -1.24. The molecule has 0 aromatic carbocycles. The van der Waals surface area contributed by atoms with Crippen molar-refractivity contribution in [1.29, 1.82) is 0 Å². The van der Waals surface area contributed by atoms with Gasteiger partial charge in [-0.05, 0) is 19.4 Å². The molecular formula is C10H13O4-. The third kappa shape index (κ3) is 8.52. The second-order valence-electron chi connectivity index (χ2n) is 2.51. The molecule has 4 nitrogen and oxygen atoms in total. The first kappa shape index (κ1) is 12.4. The number of allylic oxidation sites excluding steroid dienone is 3. The Morgan fingerprint density at radius 3 is 2.57 bits per heavy atom. The number of rotatable bonds is 6. The molecule has 14 heavy (non-hydrogen) atoms. The van der Waals surface area contributed by atoms with Gasteiger partial charge in [0, 0.05) is 5.97 Å². The Kier molecular flexibility index (Phi) is 7.13. The maximum Gasteiger partial charge on any atom is 0.306 e. The standard InChI is InChI=1S/C10H14O4/c1-2-3-4-5-8-14-10(13)7-6-9(11)12/h2-5H,6-8H2,1H3,(H,11,12)/p-1/b3-2+,5-4+. The van der Waals surface area contributed by atoms with Gasteiger partial charge in [0.1, 0.15) is 6.61 Å². The molecule has 0 radical (unpaired) electrons. The maximum atomic E-state index is 10.8. The van der Waals surface area contributed by atoms with Crippen molar-refractivity contribution < 1.29 is 19.4 Å². The molecule has 0 amide bonds. The molecule has 0 aromatic rings. The Hall–Kier alpha value is -1.58. The van der Waals surface area contributed by atoms with Gasteiger partial charge < -0.3 is 14.6 Å². The number of ether oxygens (including phenoxy) is 1. The molecule has 0 aliphatic rings. The number of carboxylic acid groups (broad SMARTS) is 1. The van der Waals surface area contributed by atoms with Gasteiger partial charge in [-0.2, -0.15) is 0 Å². The molecule has 0 heterocycles. The van der Waals surface area contributed by atoms with Gasteiger partial charge in [-0.25, -0.2) is 0 Å². The van der Waals surface area contributed by atoms with Crippen LogP contribution in [0.1, 0.15) is 19.8 Å². The fourth-order valence-electron chi connectivity index (χ4n) is 0.663. The van der Waals surface area contributed by atoms with Gasteiger partial charge in [-0.1, -0.05) is 18.2 Å². The van der Waals surface area contributed by atoms with Crippen LogP contribution >= 0.6 is 0 Å². The first-order valence-electron chi connectivity index (χ1n) is 4.30. The Balaban J connectivity index is 3.49. The van der Waals surface area contributed by atoms with E-state index >= 15 is 0 Å². The minimum absolute atomic E-state index is 0.139. The highest BCUT2D eigenvalue weighted by Gasteiger charge is 2.00. The summed E-state index contributed by atoms with van der Waals surface area (Å²) < 4.78 is 4.69. The Bertz CT molecular complexity index is 241. The van der Waals surface area contributed by atoms with E-state index in [2.05, 4.69) is 4.74 Å². The first-order valence-corrected chi connectivity index (χ1v) is 4.30. The van der Waals surface area contributed by atoms with Crippen molar-refractivity contribution in [3.8, 4) is 0 Å². The van der Waals surface area contributed by atoms with Crippen LogP contribution in [0.15, 0.2) is 24.3 Å². The summed E-state index contributed by atoms with van der Waals surface area (Å²) in [5.41, 5.74) is 0. The molecule has 0 N–H and O–H groups in total. The predicted molar refractivity (Wildman–Crippen MR) is 49.2 cm³/mol. The topological polar surface area (TPSA) is 66.4 Å². The number of aliphatic carboxylic acids is 1.